The molecule has 0 bridgehead atoms. The molecule has 3 nitrogen and oxygen atoms in total. The van der Waals surface area contributed by atoms with Gasteiger partial charge in [-0.15, -0.1) is 0 Å². The van der Waals surface area contributed by atoms with E-state index in [0.29, 0.717) is 11.8 Å². The summed E-state index contributed by atoms with van der Waals surface area (Å²) in [6.45, 7) is 8.56. The number of aryl methyl sites for hydroxylation is 1. The molecule has 0 amide bonds. The highest BCUT2D eigenvalue weighted by Gasteiger charge is 1.99. The fraction of sp³-hybridized carbons (Fsp3) is 0.467. The first-order chi connectivity index (χ1) is 8.50. The average molecular weight is 245 g/mol. The summed E-state index contributed by atoms with van der Waals surface area (Å²) in [6.07, 6.45) is 5.70. The molecule has 0 aliphatic heterocycles. The topological polar surface area (TPSA) is 30.7 Å². The summed E-state index contributed by atoms with van der Waals surface area (Å²) in [5, 5.41) is 0. The van der Waals surface area contributed by atoms with E-state index in [9.17, 15) is 0 Å². The second-order valence-corrected chi connectivity index (χ2v) is 5.03. The number of nitrogens with zero attached hydrogens (tertiary/aromatic N) is 3. The van der Waals surface area contributed by atoms with Crippen molar-refractivity contribution >= 4 is 0 Å². The molecule has 0 saturated carbocycles. The van der Waals surface area contributed by atoms with Crippen molar-refractivity contribution in [3.05, 3.63) is 48.3 Å². The second-order valence-electron chi connectivity index (χ2n) is 5.03. The van der Waals surface area contributed by atoms with E-state index in [1.807, 2.05) is 48.5 Å². The van der Waals surface area contributed by atoms with Crippen molar-refractivity contribution in [2.24, 2.45) is 7.05 Å². The largest absolute Gasteiger partial charge is 0.340 e. The number of imidazole rings is 1. The highest BCUT2D eigenvalue weighted by atomic mass is 15.0. The van der Waals surface area contributed by atoms with Gasteiger partial charge in [-0.05, 0) is 24.0 Å². The first-order valence-electron chi connectivity index (χ1n) is 6.39. The lowest BCUT2D eigenvalue weighted by Gasteiger charge is -2.00. The lowest BCUT2D eigenvalue weighted by molar-refractivity contribution is 0.823. The van der Waals surface area contributed by atoms with Gasteiger partial charge in [0.1, 0.15) is 0 Å². The molecule has 0 aromatic carbocycles. The summed E-state index contributed by atoms with van der Waals surface area (Å²) in [7, 11) is 1.98. The Morgan fingerprint density at radius 2 is 1.61 bits per heavy atom. The van der Waals surface area contributed by atoms with Crippen LogP contribution in [0, 0.1) is 0 Å². The molecule has 2 aromatic heterocycles. The fourth-order valence-electron chi connectivity index (χ4n) is 1.45. The molecule has 2 heterocycles. The van der Waals surface area contributed by atoms with Crippen LogP contribution in [-0.2, 0) is 7.05 Å². The average Bonchev–Trinajstić information content (AvgIpc) is 2.78. The predicted molar refractivity (Wildman–Crippen MR) is 75.6 cm³/mol. The minimum atomic E-state index is 0.547. The van der Waals surface area contributed by atoms with Crippen molar-refractivity contribution in [2.75, 3.05) is 0 Å². The molecular weight excluding hydrogens is 222 g/mol. The Hall–Kier alpha value is -1.64. The lowest BCUT2D eigenvalue weighted by atomic mass is 10.1. The molecule has 18 heavy (non-hydrogen) atoms. The first-order valence-corrected chi connectivity index (χ1v) is 6.39. The van der Waals surface area contributed by atoms with Crippen molar-refractivity contribution in [3.63, 3.8) is 0 Å². The minimum absolute atomic E-state index is 0.547. The van der Waals surface area contributed by atoms with E-state index < -0.39 is 0 Å². The van der Waals surface area contributed by atoms with E-state index in [2.05, 4.69) is 37.7 Å². The standard InChI is InChI=1S/C8H11N.C7H12N2/c1-7(2)8-5-3-4-6-9-8;1-6(2)7-4-9(3)5-8-7/h3-7H,1-2H3;4-6H,1-3H3. The molecule has 0 aliphatic carbocycles. The van der Waals surface area contributed by atoms with Crippen molar-refractivity contribution in [2.45, 2.75) is 39.5 Å². The van der Waals surface area contributed by atoms with E-state index in [0.717, 1.165) is 11.4 Å². The number of hydrogen-bond acceptors (Lipinski definition) is 2. The third kappa shape index (κ3) is 4.70. The number of hydrogen-bond donors (Lipinski definition) is 0. The Morgan fingerprint density at radius 1 is 0.944 bits per heavy atom. The maximum absolute atomic E-state index is 4.18. The summed E-state index contributed by atoms with van der Waals surface area (Å²) in [5.41, 5.74) is 2.33. The molecule has 3 heteroatoms. The molecule has 0 saturated heterocycles. The van der Waals surface area contributed by atoms with Gasteiger partial charge in [0.15, 0.2) is 0 Å². The summed E-state index contributed by atoms with van der Waals surface area (Å²) in [5.74, 6) is 1.09. The van der Waals surface area contributed by atoms with Crippen LogP contribution in [0.3, 0.4) is 0 Å². The van der Waals surface area contributed by atoms with Crippen LogP contribution < -0.4 is 0 Å². The molecule has 0 N–H and O–H groups in total. The van der Waals surface area contributed by atoms with Crippen LogP contribution in [-0.4, -0.2) is 14.5 Å². The molecule has 0 fully saturated rings. The normalized spacial score (nSPS) is 10.4. The SMILES string of the molecule is CC(C)c1ccccn1.CC(C)c1cn(C)cn1. The van der Waals surface area contributed by atoms with Crippen molar-refractivity contribution in [1.82, 2.24) is 14.5 Å². The second kappa shape index (κ2) is 6.94. The van der Waals surface area contributed by atoms with Crippen LogP contribution in [0.1, 0.15) is 50.9 Å². The van der Waals surface area contributed by atoms with Crippen LogP contribution >= 0.6 is 0 Å². The maximum Gasteiger partial charge on any atom is 0.0946 e. The van der Waals surface area contributed by atoms with Gasteiger partial charge in [0.25, 0.3) is 0 Å². The van der Waals surface area contributed by atoms with Gasteiger partial charge in [0.2, 0.25) is 0 Å². The highest BCUT2D eigenvalue weighted by Crippen LogP contribution is 2.09. The zero-order valence-corrected chi connectivity index (χ0v) is 12.0. The number of aromatic nitrogens is 3. The monoisotopic (exact) mass is 245 g/mol. The summed E-state index contributed by atoms with van der Waals surface area (Å²) in [6, 6.07) is 6.00. The van der Waals surface area contributed by atoms with E-state index in [-0.39, 0.29) is 0 Å². The van der Waals surface area contributed by atoms with E-state index in [1.165, 1.54) is 0 Å². The number of rotatable bonds is 2. The number of pyridine rings is 1. The van der Waals surface area contributed by atoms with Gasteiger partial charge in [-0.1, -0.05) is 33.8 Å². The third-order valence-corrected chi connectivity index (χ3v) is 2.60. The highest BCUT2D eigenvalue weighted by molar-refractivity contribution is 5.06. The Balaban J connectivity index is 0.000000180. The Morgan fingerprint density at radius 3 is 1.89 bits per heavy atom. The molecule has 0 unspecified atom stereocenters. The lowest BCUT2D eigenvalue weighted by Crippen LogP contribution is -1.88. The van der Waals surface area contributed by atoms with Gasteiger partial charge in [-0.3, -0.25) is 4.98 Å². The van der Waals surface area contributed by atoms with Gasteiger partial charge < -0.3 is 4.57 Å². The van der Waals surface area contributed by atoms with E-state index in [4.69, 9.17) is 0 Å². The molecule has 98 valence electrons. The molecular formula is C15H23N3. The third-order valence-electron chi connectivity index (χ3n) is 2.60. The van der Waals surface area contributed by atoms with Gasteiger partial charge in [0, 0.05) is 25.1 Å². The first kappa shape index (κ1) is 14.4. The molecule has 0 spiro atoms. The zero-order chi connectivity index (χ0) is 13.5. The van der Waals surface area contributed by atoms with E-state index in [1.54, 1.807) is 0 Å². The molecule has 0 aliphatic rings. The molecule has 0 radical (unpaired) electrons. The van der Waals surface area contributed by atoms with Crippen LogP contribution in [0.4, 0.5) is 0 Å². The van der Waals surface area contributed by atoms with Crippen LogP contribution in [0.15, 0.2) is 36.9 Å². The summed E-state index contributed by atoms with van der Waals surface area (Å²) < 4.78 is 1.97. The predicted octanol–water partition coefficient (Wildman–Crippen LogP) is 3.75. The molecule has 2 rings (SSSR count). The smallest absolute Gasteiger partial charge is 0.0946 e. The Kier molecular flexibility index (Phi) is 5.56. The fourth-order valence-corrected chi connectivity index (χ4v) is 1.45. The Bertz CT molecular complexity index is 444. The van der Waals surface area contributed by atoms with Crippen LogP contribution in [0.5, 0.6) is 0 Å². The van der Waals surface area contributed by atoms with Crippen LogP contribution in [0.2, 0.25) is 0 Å². The molecule has 0 atom stereocenters. The van der Waals surface area contributed by atoms with E-state index >= 15 is 0 Å². The quantitative estimate of drug-likeness (QED) is 0.806. The molecule has 2 aromatic rings. The van der Waals surface area contributed by atoms with Crippen molar-refractivity contribution in [1.29, 1.82) is 0 Å². The van der Waals surface area contributed by atoms with Gasteiger partial charge >= 0.3 is 0 Å². The zero-order valence-electron chi connectivity index (χ0n) is 12.0. The van der Waals surface area contributed by atoms with Crippen molar-refractivity contribution in [3.8, 4) is 0 Å². The van der Waals surface area contributed by atoms with Crippen molar-refractivity contribution < 1.29 is 0 Å². The van der Waals surface area contributed by atoms with Crippen LogP contribution in [0.25, 0.3) is 0 Å². The summed E-state index contributed by atoms with van der Waals surface area (Å²) >= 11 is 0. The Labute approximate surface area is 110 Å². The van der Waals surface area contributed by atoms with Gasteiger partial charge in [-0.2, -0.15) is 0 Å². The summed E-state index contributed by atoms with van der Waals surface area (Å²) in [4.78, 5) is 8.36. The maximum atomic E-state index is 4.18. The van der Waals surface area contributed by atoms with Gasteiger partial charge in [0.05, 0.1) is 12.0 Å². The van der Waals surface area contributed by atoms with Gasteiger partial charge in [-0.25, -0.2) is 4.98 Å². The minimum Gasteiger partial charge on any atom is -0.340 e.